The number of hydrogen-bond acceptors (Lipinski definition) is 4. The Balaban J connectivity index is 2.03. The fourth-order valence-electron chi connectivity index (χ4n) is 2.90. The van der Waals surface area contributed by atoms with Crippen molar-refractivity contribution < 1.29 is 8.42 Å². The second kappa shape index (κ2) is 6.36. The van der Waals surface area contributed by atoms with Crippen LogP contribution in [0.3, 0.4) is 0 Å². The maximum absolute atomic E-state index is 12.9. The smallest absolute Gasteiger partial charge is 0.265 e. The maximum Gasteiger partial charge on any atom is 0.265 e. The molecule has 2 aromatic heterocycles. The van der Waals surface area contributed by atoms with Crippen LogP contribution in [0, 0.1) is 20.8 Å². The summed E-state index contributed by atoms with van der Waals surface area (Å²) in [6, 6.07) is 9.46. The van der Waals surface area contributed by atoms with Crippen molar-refractivity contribution in [3.05, 3.63) is 53.6 Å². The van der Waals surface area contributed by atoms with Crippen molar-refractivity contribution in [2.24, 2.45) is 0 Å². The van der Waals surface area contributed by atoms with Crippen LogP contribution in [-0.2, 0) is 16.6 Å². The van der Waals surface area contributed by atoms with Gasteiger partial charge in [-0.1, -0.05) is 18.2 Å². The molecule has 3 rings (SSSR count). The lowest BCUT2D eigenvalue weighted by atomic mass is 10.3. The van der Waals surface area contributed by atoms with Crippen molar-refractivity contribution in [3.8, 4) is 5.69 Å². The third-order valence-corrected chi connectivity index (χ3v) is 5.76. The molecule has 0 fully saturated rings. The highest BCUT2D eigenvalue weighted by Crippen LogP contribution is 2.26. The van der Waals surface area contributed by atoms with Gasteiger partial charge in [-0.15, -0.1) is 0 Å². The highest BCUT2D eigenvalue weighted by molar-refractivity contribution is 7.92. The molecule has 7 nitrogen and oxygen atoms in total. The molecule has 0 aliphatic rings. The molecule has 0 unspecified atom stereocenters. The zero-order valence-electron chi connectivity index (χ0n) is 14.7. The number of nitrogens with zero attached hydrogens (tertiary/aromatic N) is 4. The summed E-state index contributed by atoms with van der Waals surface area (Å²) < 4.78 is 31.9. The van der Waals surface area contributed by atoms with Gasteiger partial charge in [0, 0.05) is 6.54 Å². The van der Waals surface area contributed by atoms with E-state index in [4.69, 9.17) is 0 Å². The number of aryl methyl sites for hydroxylation is 2. The Morgan fingerprint density at radius 1 is 1.08 bits per heavy atom. The molecule has 0 bridgehead atoms. The maximum atomic E-state index is 12.9. The lowest BCUT2D eigenvalue weighted by Gasteiger charge is -2.09. The van der Waals surface area contributed by atoms with E-state index in [1.807, 2.05) is 44.2 Å². The molecule has 0 amide bonds. The van der Waals surface area contributed by atoms with E-state index in [2.05, 4.69) is 14.9 Å². The van der Waals surface area contributed by atoms with Crippen molar-refractivity contribution in [1.29, 1.82) is 0 Å². The Hall–Kier alpha value is -2.61. The quantitative estimate of drug-likeness (QED) is 0.759. The summed E-state index contributed by atoms with van der Waals surface area (Å²) in [5.74, 6) is 0. The van der Waals surface area contributed by atoms with Crippen LogP contribution in [-0.4, -0.2) is 28.0 Å². The lowest BCUT2D eigenvalue weighted by molar-refractivity contribution is 0.599. The van der Waals surface area contributed by atoms with E-state index < -0.39 is 10.0 Å². The molecule has 3 aromatic rings. The van der Waals surface area contributed by atoms with Gasteiger partial charge >= 0.3 is 0 Å². The van der Waals surface area contributed by atoms with Gasteiger partial charge in [0.1, 0.15) is 4.90 Å². The Labute approximate surface area is 147 Å². The van der Waals surface area contributed by atoms with Gasteiger partial charge in [0.25, 0.3) is 10.0 Å². The molecule has 1 aromatic carbocycles. The number of rotatable bonds is 5. The van der Waals surface area contributed by atoms with Gasteiger partial charge in [-0.3, -0.25) is 9.40 Å². The first-order valence-electron chi connectivity index (χ1n) is 8.02. The van der Waals surface area contributed by atoms with E-state index in [9.17, 15) is 8.42 Å². The van der Waals surface area contributed by atoms with Crippen LogP contribution in [0.1, 0.15) is 24.0 Å². The Kier molecular flexibility index (Phi) is 4.38. The van der Waals surface area contributed by atoms with Crippen molar-refractivity contribution in [2.75, 3.05) is 4.72 Å². The Morgan fingerprint density at radius 3 is 2.36 bits per heavy atom. The Bertz CT molecular complexity index is 1000. The predicted octanol–water partition coefficient (Wildman–Crippen LogP) is 2.81. The number of para-hydroxylation sites is 1. The monoisotopic (exact) mass is 359 g/mol. The average molecular weight is 359 g/mol. The molecule has 8 heteroatoms. The minimum absolute atomic E-state index is 0.194. The SMILES string of the molecule is CCn1ncc(NS(=O)(=O)c2c(C)nn(-c3ccccc3)c2C)c1C. The van der Waals surface area contributed by atoms with Crippen LogP contribution in [0.25, 0.3) is 5.69 Å². The van der Waals surface area contributed by atoms with E-state index in [1.165, 1.54) is 6.20 Å². The molecule has 132 valence electrons. The molecular weight excluding hydrogens is 338 g/mol. The van der Waals surface area contributed by atoms with Gasteiger partial charge in [-0.2, -0.15) is 10.2 Å². The number of nitrogens with one attached hydrogen (secondary N) is 1. The van der Waals surface area contributed by atoms with Crippen LogP contribution in [0.15, 0.2) is 41.4 Å². The van der Waals surface area contributed by atoms with E-state index >= 15 is 0 Å². The molecule has 25 heavy (non-hydrogen) atoms. The Morgan fingerprint density at radius 2 is 1.76 bits per heavy atom. The zero-order chi connectivity index (χ0) is 18.2. The summed E-state index contributed by atoms with van der Waals surface area (Å²) in [7, 11) is -3.77. The molecule has 0 saturated carbocycles. The van der Waals surface area contributed by atoms with E-state index in [1.54, 1.807) is 23.2 Å². The molecule has 1 N–H and O–H groups in total. The number of aromatic nitrogens is 4. The second-order valence-corrected chi connectivity index (χ2v) is 7.43. The summed E-state index contributed by atoms with van der Waals surface area (Å²) in [6.45, 7) is 7.92. The van der Waals surface area contributed by atoms with Crippen molar-refractivity contribution in [3.63, 3.8) is 0 Å². The van der Waals surface area contributed by atoms with Gasteiger partial charge in [-0.25, -0.2) is 13.1 Å². The first-order chi connectivity index (χ1) is 11.8. The summed E-state index contributed by atoms with van der Waals surface area (Å²) in [5, 5.41) is 8.59. The first-order valence-corrected chi connectivity index (χ1v) is 9.50. The second-order valence-electron chi connectivity index (χ2n) is 5.81. The van der Waals surface area contributed by atoms with Crippen LogP contribution >= 0.6 is 0 Å². The average Bonchev–Trinajstić information content (AvgIpc) is 3.08. The summed E-state index contributed by atoms with van der Waals surface area (Å²) in [4.78, 5) is 0.194. The fraction of sp³-hybridized carbons (Fsp3) is 0.294. The van der Waals surface area contributed by atoms with Gasteiger partial charge < -0.3 is 0 Å². The van der Waals surface area contributed by atoms with E-state index in [-0.39, 0.29) is 4.90 Å². The predicted molar refractivity (Wildman–Crippen MR) is 96.5 cm³/mol. The van der Waals surface area contributed by atoms with Gasteiger partial charge in [0.15, 0.2) is 0 Å². The minimum Gasteiger partial charge on any atom is -0.276 e. The van der Waals surface area contributed by atoms with Crippen LogP contribution in [0.4, 0.5) is 5.69 Å². The highest BCUT2D eigenvalue weighted by Gasteiger charge is 2.26. The molecular formula is C17H21N5O2S. The third kappa shape index (κ3) is 3.05. The fourth-order valence-corrected chi connectivity index (χ4v) is 4.40. The number of anilines is 1. The standard InChI is InChI=1S/C17H21N5O2S/c1-5-21-13(3)16(11-18-21)20-25(23,24)17-12(2)19-22(14(17)4)15-9-7-6-8-10-15/h6-11,20H,5H2,1-4H3. The molecule has 0 radical (unpaired) electrons. The normalized spacial score (nSPS) is 11.7. The molecule has 0 spiro atoms. The van der Waals surface area contributed by atoms with Gasteiger partial charge in [0.05, 0.1) is 34.7 Å². The van der Waals surface area contributed by atoms with Crippen LogP contribution < -0.4 is 4.72 Å². The molecule has 0 aliphatic heterocycles. The molecule has 2 heterocycles. The van der Waals surface area contributed by atoms with E-state index in [0.29, 0.717) is 23.6 Å². The summed E-state index contributed by atoms with van der Waals surface area (Å²) in [6.07, 6.45) is 1.53. The molecule has 0 aliphatic carbocycles. The third-order valence-electron chi connectivity index (χ3n) is 4.14. The topological polar surface area (TPSA) is 81.8 Å². The van der Waals surface area contributed by atoms with Crippen LogP contribution in [0.2, 0.25) is 0 Å². The summed E-state index contributed by atoms with van der Waals surface area (Å²) in [5.41, 5.74) is 3.09. The van der Waals surface area contributed by atoms with Gasteiger partial charge in [0.2, 0.25) is 0 Å². The number of benzene rings is 1. The zero-order valence-corrected chi connectivity index (χ0v) is 15.5. The summed E-state index contributed by atoms with van der Waals surface area (Å²) >= 11 is 0. The van der Waals surface area contributed by atoms with Gasteiger partial charge in [-0.05, 0) is 39.8 Å². The minimum atomic E-state index is -3.77. The number of sulfonamides is 1. The lowest BCUT2D eigenvalue weighted by Crippen LogP contribution is -2.15. The largest absolute Gasteiger partial charge is 0.276 e. The number of hydrogen-bond donors (Lipinski definition) is 1. The van der Waals surface area contributed by atoms with Crippen molar-refractivity contribution in [1.82, 2.24) is 19.6 Å². The van der Waals surface area contributed by atoms with Crippen LogP contribution in [0.5, 0.6) is 0 Å². The van der Waals surface area contributed by atoms with Crippen molar-refractivity contribution >= 4 is 15.7 Å². The van der Waals surface area contributed by atoms with Crippen molar-refractivity contribution in [2.45, 2.75) is 39.1 Å². The first kappa shape index (κ1) is 17.2. The molecule has 0 atom stereocenters. The highest BCUT2D eigenvalue weighted by atomic mass is 32.2. The molecule has 0 saturated heterocycles. The van der Waals surface area contributed by atoms with E-state index in [0.717, 1.165) is 11.4 Å².